The van der Waals surface area contributed by atoms with Gasteiger partial charge in [-0.3, -0.25) is 9.69 Å². The molecule has 1 aliphatic carbocycles. The predicted molar refractivity (Wildman–Crippen MR) is 122 cm³/mol. The summed E-state index contributed by atoms with van der Waals surface area (Å²) < 4.78 is 28.9. The molecule has 1 aromatic rings. The van der Waals surface area contributed by atoms with Gasteiger partial charge >= 0.3 is 0 Å². The number of ether oxygens (including phenoxy) is 1. The summed E-state index contributed by atoms with van der Waals surface area (Å²) in [5, 5.41) is 10.2. The summed E-state index contributed by atoms with van der Waals surface area (Å²) in [5.74, 6) is 0.824. The molecule has 0 radical (unpaired) electrons. The van der Waals surface area contributed by atoms with Crippen molar-refractivity contribution in [2.75, 3.05) is 45.6 Å². The lowest BCUT2D eigenvalue weighted by atomic mass is 9.67. The van der Waals surface area contributed by atoms with Crippen LogP contribution in [0.5, 0.6) is 5.75 Å². The van der Waals surface area contributed by atoms with Crippen LogP contribution in [0.1, 0.15) is 19.3 Å². The first-order valence-electron chi connectivity index (χ1n) is 10.9. The number of aliphatic hydroxyl groups excluding tert-OH is 1. The van der Waals surface area contributed by atoms with Crippen LogP contribution in [0.25, 0.3) is 0 Å². The molecular weight excluding hydrogens is 452 g/mol. The number of fused-ring (bicyclic) bond motifs is 2. The topological polar surface area (TPSA) is 87.2 Å². The molecule has 1 unspecified atom stereocenters. The van der Waals surface area contributed by atoms with E-state index in [1.54, 1.807) is 29.2 Å². The zero-order valence-corrected chi connectivity index (χ0v) is 19.7. The molecule has 1 aromatic carbocycles. The van der Waals surface area contributed by atoms with E-state index in [0.29, 0.717) is 25.3 Å². The lowest BCUT2D eigenvalue weighted by molar-refractivity contribution is -0.139. The molecule has 4 rings (SSSR count). The van der Waals surface area contributed by atoms with Crippen LogP contribution in [0.3, 0.4) is 0 Å². The smallest absolute Gasteiger partial charge is 0.233 e. The summed E-state index contributed by atoms with van der Waals surface area (Å²) in [6.07, 6.45) is 7.16. The van der Waals surface area contributed by atoms with Crippen LogP contribution in [-0.4, -0.2) is 74.9 Å². The fraction of sp³-hybridized carbons (Fsp3) is 0.522. The zero-order valence-electron chi connectivity index (χ0n) is 18.2. The van der Waals surface area contributed by atoms with Crippen molar-refractivity contribution >= 4 is 27.3 Å². The van der Waals surface area contributed by atoms with Crippen LogP contribution in [0, 0.1) is 11.3 Å². The SMILES string of the molecule is CS(=O)(=O)c1ccc(OCCN2CCC3(CC2)C(=O)N(CCO)C2=CC=C(Cl)CC23)cc1. The van der Waals surface area contributed by atoms with Gasteiger partial charge in [0, 0.05) is 36.0 Å². The number of hydrogen-bond acceptors (Lipinski definition) is 6. The van der Waals surface area contributed by atoms with Gasteiger partial charge in [0.15, 0.2) is 9.84 Å². The normalized spacial score (nSPS) is 23.2. The largest absolute Gasteiger partial charge is 0.492 e. The number of halogens is 1. The first-order valence-corrected chi connectivity index (χ1v) is 13.2. The second-order valence-electron chi connectivity index (χ2n) is 8.73. The number of nitrogens with zero attached hydrogens (tertiary/aromatic N) is 2. The summed E-state index contributed by atoms with van der Waals surface area (Å²) in [6, 6.07) is 6.44. The van der Waals surface area contributed by atoms with E-state index in [4.69, 9.17) is 16.3 Å². The van der Waals surface area contributed by atoms with E-state index < -0.39 is 15.3 Å². The van der Waals surface area contributed by atoms with E-state index in [9.17, 15) is 18.3 Å². The van der Waals surface area contributed by atoms with E-state index in [1.807, 2.05) is 12.2 Å². The Bertz CT molecular complexity index is 1030. The van der Waals surface area contributed by atoms with Gasteiger partial charge in [-0.15, -0.1) is 0 Å². The van der Waals surface area contributed by atoms with Crippen LogP contribution in [0.15, 0.2) is 52.0 Å². The van der Waals surface area contributed by atoms with Crippen LogP contribution in [0.4, 0.5) is 0 Å². The number of piperidine rings is 1. The van der Waals surface area contributed by atoms with Crippen LogP contribution in [-0.2, 0) is 14.6 Å². The Morgan fingerprint density at radius 1 is 1.16 bits per heavy atom. The summed E-state index contributed by atoms with van der Waals surface area (Å²) in [7, 11) is -3.22. The molecule has 7 nitrogen and oxygen atoms in total. The van der Waals surface area contributed by atoms with Gasteiger partial charge in [-0.25, -0.2) is 8.42 Å². The molecule has 1 atom stereocenters. The average Bonchev–Trinajstić information content (AvgIpc) is 2.97. The number of benzene rings is 1. The lowest BCUT2D eigenvalue weighted by Gasteiger charge is -2.41. The van der Waals surface area contributed by atoms with Crippen molar-refractivity contribution in [3.05, 3.63) is 47.1 Å². The maximum Gasteiger partial charge on any atom is 0.233 e. The van der Waals surface area contributed by atoms with Crippen LogP contribution in [0.2, 0.25) is 0 Å². The van der Waals surface area contributed by atoms with Crippen LogP contribution >= 0.6 is 11.6 Å². The number of hydrogen-bond donors (Lipinski definition) is 1. The van der Waals surface area contributed by atoms with E-state index in [0.717, 1.165) is 43.2 Å². The quantitative estimate of drug-likeness (QED) is 0.645. The van der Waals surface area contributed by atoms with Crippen molar-refractivity contribution in [1.82, 2.24) is 9.80 Å². The summed E-state index contributed by atoms with van der Waals surface area (Å²) >= 11 is 6.33. The summed E-state index contributed by atoms with van der Waals surface area (Å²) in [6.45, 7) is 3.06. The van der Waals surface area contributed by atoms with E-state index in [1.165, 1.54) is 6.26 Å². The Morgan fingerprint density at radius 3 is 2.47 bits per heavy atom. The molecule has 174 valence electrons. The van der Waals surface area contributed by atoms with Crippen LogP contribution < -0.4 is 4.74 Å². The first kappa shape index (κ1) is 23.3. The highest BCUT2D eigenvalue weighted by Crippen LogP contribution is 2.54. The number of carbonyl (C=O) groups excluding carboxylic acids is 1. The molecule has 0 bridgehead atoms. The van der Waals surface area contributed by atoms with Gasteiger partial charge in [0.2, 0.25) is 5.91 Å². The van der Waals surface area contributed by atoms with Gasteiger partial charge in [0.1, 0.15) is 12.4 Å². The molecule has 32 heavy (non-hydrogen) atoms. The number of carbonyl (C=O) groups is 1. The average molecular weight is 481 g/mol. The van der Waals surface area contributed by atoms with E-state index in [-0.39, 0.29) is 23.3 Å². The third kappa shape index (κ3) is 4.46. The Morgan fingerprint density at radius 2 is 1.84 bits per heavy atom. The van der Waals surface area contributed by atoms with Crippen molar-refractivity contribution in [3.63, 3.8) is 0 Å². The number of allylic oxidation sites excluding steroid dienone is 4. The minimum Gasteiger partial charge on any atom is -0.492 e. The molecular formula is C23H29ClN2O5S. The third-order valence-electron chi connectivity index (χ3n) is 6.84. The molecule has 1 N–H and O–H groups in total. The molecule has 2 aliphatic heterocycles. The van der Waals surface area contributed by atoms with E-state index in [2.05, 4.69) is 4.90 Å². The van der Waals surface area contributed by atoms with E-state index >= 15 is 0 Å². The number of aliphatic hydroxyl groups is 1. The molecule has 9 heteroatoms. The minimum atomic E-state index is -3.22. The van der Waals surface area contributed by atoms with Gasteiger partial charge in [-0.2, -0.15) is 0 Å². The van der Waals surface area contributed by atoms with Crippen molar-refractivity contribution in [1.29, 1.82) is 0 Å². The number of rotatable bonds is 7. The molecule has 1 spiro atoms. The number of sulfone groups is 1. The highest BCUT2D eigenvalue weighted by atomic mass is 35.5. The van der Waals surface area contributed by atoms with Gasteiger partial charge in [0.25, 0.3) is 0 Å². The number of likely N-dealkylation sites (tertiary alicyclic amines) is 2. The zero-order chi connectivity index (χ0) is 22.9. The predicted octanol–water partition coefficient (Wildman–Crippen LogP) is 2.41. The maximum absolute atomic E-state index is 13.4. The number of amides is 1. The summed E-state index contributed by atoms with van der Waals surface area (Å²) in [4.78, 5) is 17.7. The fourth-order valence-corrected chi connectivity index (χ4v) is 5.94. The van der Waals surface area contributed by atoms with Gasteiger partial charge < -0.3 is 14.7 Å². The highest BCUT2D eigenvalue weighted by molar-refractivity contribution is 7.90. The first-order chi connectivity index (χ1) is 15.2. The highest BCUT2D eigenvalue weighted by Gasteiger charge is 2.57. The second kappa shape index (κ2) is 9.17. The maximum atomic E-state index is 13.4. The molecule has 1 amide bonds. The Hall–Kier alpha value is -1.87. The molecule has 2 saturated heterocycles. The molecule has 0 saturated carbocycles. The molecule has 2 heterocycles. The van der Waals surface area contributed by atoms with Crippen molar-refractivity contribution in [2.24, 2.45) is 11.3 Å². The fourth-order valence-electron chi connectivity index (χ4n) is 5.10. The number of β-amino-alcohol motifs (C(OH)–C–C–N with tert-alkyl or cyclic N) is 1. The Labute approximate surface area is 194 Å². The second-order valence-corrected chi connectivity index (χ2v) is 11.2. The van der Waals surface area contributed by atoms with Gasteiger partial charge in [-0.05, 0) is 68.8 Å². The monoisotopic (exact) mass is 480 g/mol. The molecule has 2 fully saturated rings. The van der Waals surface area contributed by atoms with Crippen molar-refractivity contribution in [2.45, 2.75) is 24.2 Å². The Balaban J connectivity index is 1.34. The Kier molecular flexibility index (Phi) is 6.68. The third-order valence-corrected chi connectivity index (χ3v) is 8.25. The minimum absolute atomic E-state index is 0.0576. The lowest BCUT2D eigenvalue weighted by Crippen LogP contribution is -2.48. The van der Waals surface area contributed by atoms with Crippen molar-refractivity contribution < 1.29 is 23.1 Å². The standard InChI is InChI=1S/C23H29ClN2O5S/c1-32(29,30)19-5-3-18(4-6-19)31-15-13-25-10-8-23(9-11-25)20-16-17(24)2-7-21(20)26(12-14-27)22(23)28/h2-7,20,27H,8-16H2,1H3. The van der Waals surface area contributed by atoms with Gasteiger partial charge in [0.05, 0.1) is 16.9 Å². The molecule has 0 aromatic heterocycles. The summed E-state index contributed by atoms with van der Waals surface area (Å²) in [5.41, 5.74) is 0.539. The van der Waals surface area contributed by atoms with Crippen molar-refractivity contribution in [3.8, 4) is 5.75 Å². The molecule has 3 aliphatic rings. The van der Waals surface area contributed by atoms with Gasteiger partial charge in [-0.1, -0.05) is 11.6 Å².